The second-order valence-corrected chi connectivity index (χ2v) is 5.73. The van der Waals surface area contributed by atoms with Crippen molar-refractivity contribution in [2.75, 3.05) is 26.3 Å². The zero-order valence-electron chi connectivity index (χ0n) is 13.0. The number of ketones is 1. The maximum atomic E-state index is 12.8. The summed E-state index contributed by atoms with van der Waals surface area (Å²) in [7, 11) is 0. The summed E-state index contributed by atoms with van der Waals surface area (Å²) in [4.78, 5) is 39.1. The van der Waals surface area contributed by atoms with Crippen molar-refractivity contribution < 1.29 is 23.9 Å². The minimum absolute atomic E-state index is 0.0100. The van der Waals surface area contributed by atoms with Crippen LogP contribution in [0.4, 0.5) is 0 Å². The third-order valence-corrected chi connectivity index (χ3v) is 4.56. The van der Waals surface area contributed by atoms with Crippen LogP contribution in [0, 0.1) is 0 Å². The van der Waals surface area contributed by atoms with E-state index in [1.165, 1.54) is 0 Å². The Balaban J connectivity index is 2.15. The van der Waals surface area contributed by atoms with Gasteiger partial charge in [-0.25, -0.2) is 4.79 Å². The van der Waals surface area contributed by atoms with E-state index >= 15 is 0 Å². The highest BCUT2D eigenvalue weighted by molar-refractivity contribution is 6.11. The lowest BCUT2D eigenvalue weighted by molar-refractivity contribution is -0.160. The number of carbonyl (C=O) groups is 3. The number of ether oxygens (including phenoxy) is 2. The third kappa shape index (κ3) is 2.43. The van der Waals surface area contributed by atoms with Gasteiger partial charge in [0, 0.05) is 13.0 Å². The van der Waals surface area contributed by atoms with Crippen molar-refractivity contribution in [3.63, 3.8) is 0 Å². The summed E-state index contributed by atoms with van der Waals surface area (Å²) in [6, 6.07) is 9.22. The molecule has 0 bridgehead atoms. The highest BCUT2D eigenvalue weighted by atomic mass is 16.5. The summed E-state index contributed by atoms with van der Waals surface area (Å²) in [5, 5.41) is 0. The summed E-state index contributed by atoms with van der Waals surface area (Å²) >= 11 is 0. The molecular weight excluding hydrogens is 298 g/mol. The molecule has 122 valence electrons. The molecule has 2 saturated heterocycles. The number of Topliss-reactive ketones (excluding diaryl/α,β-unsaturated/α-hetero) is 1. The molecule has 0 N–H and O–H groups in total. The molecule has 2 aliphatic rings. The number of hydrogen-bond donors (Lipinski definition) is 0. The minimum Gasteiger partial charge on any atom is -0.464 e. The van der Waals surface area contributed by atoms with Crippen molar-refractivity contribution in [1.82, 2.24) is 4.90 Å². The molecular formula is C17H19NO5. The fraction of sp³-hybridized carbons (Fsp3) is 0.471. The lowest BCUT2D eigenvalue weighted by Crippen LogP contribution is -2.60. The van der Waals surface area contributed by atoms with Crippen molar-refractivity contribution in [3.05, 3.63) is 35.9 Å². The zero-order chi connectivity index (χ0) is 16.4. The molecule has 2 fully saturated rings. The Morgan fingerprint density at radius 3 is 2.78 bits per heavy atom. The van der Waals surface area contributed by atoms with E-state index in [0.29, 0.717) is 6.54 Å². The van der Waals surface area contributed by atoms with E-state index in [4.69, 9.17) is 9.47 Å². The van der Waals surface area contributed by atoms with E-state index in [2.05, 4.69) is 0 Å². The predicted octanol–water partition coefficient (Wildman–Crippen LogP) is 0.904. The van der Waals surface area contributed by atoms with Crippen LogP contribution in [-0.4, -0.2) is 54.5 Å². The van der Waals surface area contributed by atoms with E-state index in [0.717, 1.165) is 5.56 Å². The normalized spacial score (nSPS) is 28.0. The Morgan fingerprint density at radius 1 is 1.35 bits per heavy atom. The van der Waals surface area contributed by atoms with Crippen LogP contribution in [0.5, 0.6) is 0 Å². The first-order valence-corrected chi connectivity index (χ1v) is 7.76. The van der Waals surface area contributed by atoms with Crippen LogP contribution in [0.15, 0.2) is 30.3 Å². The van der Waals surface area contributed by atoms with Crippen LogP contribution in [0.3, 0.4) is 0 Å². The SMILES string of the molecule is CCOC(=O)[C@@]12C(=O)CCN1CC(=O)OC[C@@H]2c1ccccc1. The van der Waals surface area contributed by atoms with E-state index < -0.39 is 23.4 Å². The van der Waals surface area contributed by atoms with Crippen molar-refractivity contribution in [3.8, 4) is 0 Å². The number of carbonyl (C=O) groups excluding carboxylic acids is 3. The second-order valence-electron chi connectivity index (χ2n) is 5.73. The van der Waals surface area contributed by atoms with Gasteiger partial charge >= 0.3 is 11.9 Å². The molecule has 3 rings (SSSR count). The van der Waals surface area contributed by atoms with Gasteiger partial charge in [-0.15, -0.1) is 0 Å². The van der Waals surface area contributed by atoms with Crippen LogP contribution in [0.25, 0.3) is 0 Å². The van der Waals surface area contributed by atoms with Crippen LogP contribution in [0.2, 0.25) is 0 Å². The molecule has 6 heteroatoms. The molecule has 6 nitrogen and oxygen atoms in total. The molecule has 0 radical (unpaired) electrons. The van der Waals surface area contributed by atoms with Crippen LogP contribution in [-0.2, 0) is 23.9 Å². The fourth-order valence-electron chi connectivity index (χ4n) is 3.55. The quantitative estimate of drug-likeness (QED) is 0.609. The molecule has 23 heavy (non-hydrogen) atoms. The first kappa shape index (κ1) is 15.7. The van der Waals surface area contributed by atoms with E-state index in [1.807, 2.05) is 30.3 Å². The Kier molecular flexibility index (Phi) is 4.17. The standard InChI is InChI=1S/C17H19NO5/c1-2-22-16(21)17-13(12-6-4-3-5-7-12)11-23-15(20)10-18(17)9-8-14(17)19/h3-7,13H,2,8-11H2,1H3/t13-,17-/m1/s1. The van der Waals surface area contributed by atoms with Crippen LogP contribution < -0.4 is 0 Å². The molecule has 2 heterocycles. The maximum Gasteiger partial charge on any atom is 0.335 e. The van der Waals surface area contributed by atoms with Gasteiger partial charge in [-0.05, 0) is 12.5 Å². The number of cyclic esters (lactones) is 1. The summed E-state index contributed by atoms with van der Waals surface area (Å²) in [5.41, 5.74) is -0.681. The number of nitrogens with zero attached hydrogens (tertiary/aromatic N) is 1. The fourth-order valence-corrected chi connectivity index (χ4v) is 3.55. The van der Waals surface area contributed by atoms with Crippen LogP contribution in [0.1, 0.15) is 24.8 Å². The molecule has 1 aromatic rings. The predicted molar refractivity (Wildman–Crippen MR) is 80.7 cm³/mol. The van der Waals surface area contributed by atoms with Crippen LogP contribution >= 0.6 is 0 Å². The molecule has 0 amide bonds. The van der Waals surface area contributed by atoms with E-state index in [9.17, 15) is 14.4 Å². The molecule has 0 aliphatic carbocycles. The number of esters is 2. The number of rotatable bonds is 3. The van der Waals surface area contributed by atoms with Crippen molar-refractivity contribution in [1.29, 1.82) is 0 Å². The van der Waals surface area contributed by atoms with Crippen molar-refractivity contribution in [2.45, 2.75) is 24.8 Å². The van der Waals surface area contributed by atoms with Gasteiger partial charge in [-0.1, -0.05) is 30.3 Å². The Hall–Kier alpha value is -2.21. The van der Waals surface area contributed by atoms with E-state index in [1.54, 1.807) is 11.8 Å². The van der Waals surface area contributed by atoms with Gasteiger partial charge in [0.1, 0.15) is 6.61 Å². The highest BCUT2D eigenvalue weighted by Crippen LogP contribution is 2.42. The Bertz CT molecular complexity index is 629. The summed E-state index contributed by atoms with van der Waals surface area (Å²) < 4.78 is 10.5. The smallest absolute Gasteiger partial charge is 0.335 e. The number of fused-ring (bicyclic) bond motifs is 1. The monoisotopic (exact) mass is 317 g/mol. The summed E-state index contributed by atoms with van der Waals surface area (Å²) in [6.45, 7) is 2.15. The van der Waals surface area contributed by atoms with Crippen molar-refractivity contribution >= 4 is 17.7 Å². The first-order chi connectivity index (χ1) is 11.1. The van der Waals surface area contributed by atoms with Gasteiger partial charge in [-0.2, -0.15) is 0 Å². The zero-order valence-corrected chi connectivity index (χ0v) is 13.0. The number of hydrogen-bond acceptors (Lipinski definition) is 6. The van der Waals surface area contributed by atoms with Crippen molar-refractivity contribution in [2.24, 2.45) is 0 Å². The largest absolute Gasteiger partial charge is 0.464 e. The molecule has 0 unspecified atom stereocenters. The van der Waals surface area contributed by atoms with E-state index in [-0.39, 0.29) is 32.0 Å². The molecule has 0 saturated carbocycles. The summed E-state index contributed by atoms with van der Waals surface area (Å²) in [6.07, 6.45) is 0.232. The lowest BCUT2D eigenvalue weighted by atomic mass is 9.77. The minimum atomic E-state index is -1.47. The highest BCUT2D eigenvalue weighted by Gasteiger charge is 2.62. The second kappa shape index (κ2) is 6.12. The third-order valence-electron chi connectivity index (χ3n) is 4.56. The average Bonchev–Trinajstić information content (AvgIpc) is 2.78. The summed E-state index contributed by atoms with van der Waals surface area (Å²) in [5.74, 6) is -1.78. The molecule has 2 atom stereocenters. The van der Waals surface area contributed by atoms with Gasteiger partial charge < -0.3 is 9.47 Å². The van der Waals surface area contributed by atoms with Gasteiger partial charge in [0.25, 0.3) is 0 Å². The molecule has 2 aliphatic heterocycles. The Labute approximate surface area is 134 Å². The molecule has 0 aromatic heterocycles. The first-order valence-electron chi connectivity index (χ1n) is 7.76. The molecule has 1 aromatic carbocycles. The van der Waals surface area contributed by atoms with Gasteiger partial charge in [0.05, 0.1) is 19.1 Å². The topological polar surface area (TPSA) is 72.9 Å². The van der Waals surface area contributed by atoms with Gasteiger partial charge in [0.15, 0.2) is 11.3 Å². The average molecular weight is 317 g/mol. The van der Waals surface area contributed by atoms with Gasteiger partial charge in [-0.3, -0.25) is 14.5 Å². The maximum absolute atomic E-state index is 12.8. The Morgan fingerprint density at radius 2 is 2.09 bits per heavy atom. The number of benzene rings is 1. The molecule has 0 spiro atoms. The lowest BCUT2D eigenvalue weighted by Gasteiger charge is -2.37. The van der Waals surface area contributed by atoms with Gasteiger partial charge in [0.2, 0.25) is 0 Å².